The fourth-order valence-electron chi connectivity index (χ4n) is 2.94. The van der Waals surface area contributed by atoms with Gasteiger partial charge in [0.1, 0.15) is 10.6 Å². The van der Waals surface area contributed by atoms with E-state index in [1.807, 2.05) is 0 Å². The molecule has 0 radical (unpaired) electrons. The first kappa shape index (κ1) is 20.9. The lowest BCUT2D eigenvalue weighted by Crippen LogP contribution is -2.29. The molecule has 2 aromatic carbocycles. The summed E-state index contributed by atoms with van der Waals surface area (Å²) in [4.78, 5) is 12.2. The molecule has 1 heterocycles. The Labute approximate surface area is 174 Å². The number of sulfonamides is 1. The maximum absolute atomic E-state index is 12.9. The van der Waals surface area contributed by atoms with Gasteiger partial charge in [-0.1, -0.05) is 29.3 Å². The number of hydrogen-bond donors (Lipinski definition) is 1. The molecule has 1 amide bonds. The van der Waals surface area contributed by atoms with Crippen LogP contribution in [0.3, 0.4) is 0 Å². The maximum atomic E-state index is 12.9. The highest BCUT2D eigenvalue weighted by Crippen LogP contribution is 2.31. The van der Waals surface area contributed by atoms with Crippen LogP contribution in [0.1, 0.15) is 18.4 Å². The van der Waals surface area contributed by atoms with Crippen molar-refractivity contribution < 1.29 is 17.9 Å². The van der Waals surface area contributed by atoms with Gasteiger partial charge in [0.15, 0.2) is 6.61 Å². The molecule has 3 rings (SSSR count). The van der Waals surface area contributed by atoms with E-state index < -0.39 is 15.9 Å². The Hall–Kier alpha value is -1.80. The van der Waals surface area contributed by atoms with Gasteiger partial charge in [-0.2, -0.15) is 4.31 Å². The van der Waals surface area contributed by atoms with Crippen molar-refractivity contribution in [2.45, 2.75) is 24.7 Å². The van der Waals surface area contributed by atoms with Gasteiger partial charge >= 0.3 is 0 Å². The van der Waals surface area contributed by atoms with Crippen LogP contribution in [-0.4, -0.2) is 38.3 Å². The van der Waals surface area contributed by atoms with Crippen LogP contribution in [0.15, 0.2) is 41.3 Å². The molecule has 9 heteroatoms. The molecule has 2 aromatic rings. The van der Waals surface area contributed by atoms with Gasteiger partial charge in [0.05, 0.1) is 0 Å². The van der Waals surface area contributed by atoms with Crippen LogP contribution in [0, 0.1) is 6.92 Å². The van der Waals surface area contributed by atoms with Crippen molar-refractivity contribution in [2.75, 3.05) is 25.0 Å². The Morgan fingerprint density at radius 3 is 2.61 bits per heavy atom. The number of carbonyl (C=O) groups excluding carboxylic acids is 1. The Bertz CT molecular complexity index is 989. The highest BCUT2D eigenvalue weighted by molar-refractivity contribution is 7.89. The van der Waals surface area contributed by atoms with E-state index in [1.165, 1.54) is 22.5 Å². The topological polar surface area (TPSA) is 75.7 Å². The predicted molar refractivity (Wildman–Crippen MR) is 110 cm³/mol. The molecule has 1 N–H and O–H groups in total. The smallest absolute Gasteiger partial charge is 0.262 e. The van der Waals surface area contributed by atoms with Gasteiger partial charge in [-0.05, 0) is 55.7 Å². The highest BCUT2D eigenvalue weighted by atomic mass is 35.5. The third kappa shape index (κ3) is 4.60. The highest BCUT2D eigenvalue weighted by Gasteiger charge is 2.30. The number of ether oxygens (including phenoxy) is 1. The summed E-state index contributed by atoms with van der Waals surface area (Å²) in [6.45, 7) is 2.36. The zero-order valence-electron chi connectivity index (χ0n) is 15.2. The summed E-state index contributed by atoms with van der Waals surface area (Å²) in [7, 11) is -3.74. The van der Waals surface area contributed by atoms with Crippen molar-refractivity contribution in [3.8, 4) is 5.75 Å². The van der Waals surface area contributed by atoms with Crippen molar-refractivity contribution >= 4 is 44.8 Å². The summed E-state index contributed by atoms with van der Waals surface area (Å²) < 4.78 is 32.7. The minimum Gasteiger partial charge on any atom is -0.482 e. The number of nitrogens with one attached hydrogen (secondary N) is 1. The summed E-state index contributed by atoms with van der Waals surface area (Å²) in [5, 5.41) is 3.53. The van der Waals surface area contributed by atoms with E-state index in [9.17, 15) is 13.2 Å². The number of halogens is 2. The Kier molecular flexibility index (Phi) is 6.50. The third-order valence-electron chi connectivity index (χ3n) is 4.49. The van der Waals surface area contributed by atoms with Gasteiger partial charge in [0.25, 0.3) is 5.91 Å². The van der Waals surface area contributed by atoms with Gasteiger partial charge < -0.3 is 10.1 Å². The van der Waals surface area contributed by atoms with E-state index in [2.05, 4.69) is 5.32 Å². The monoisotopic (exact) mass is 442 g/mol. The summed E-state index contributed by atoms with van der Waals surface area (Å²) in [6.07, 6.45) is 1.63. The molecule has 1 aliphatic rings. The van der Waals surface area contributed by atoms with Gasteiger partial charge in [-0.15, -0.1) is 0 Å². The van der Waals surface area contributed by atoms with Crippen LogP contribution in [0.25, 0.3) is 0 Å². The quantitative estimate of drug-likeness (QED) is 0.730. The minimum atomic E-state index is -3.74. The standard InChI is InChI=1S/C19H20Cl2N2O4S/c1-13-15(21)5-4-6-16(13)22-19(24)12-27-17-8-7-14(20)11-18(17)28(25,26)23-9-2-3-10-23/h4-8,11H,2-3,9-10,12H2,1H3,(H,22,24). The lowest BCUT2D eigenvalue weighted by Gasteiger charge is -2.18. The van der Waals surface area contributed by atoms with Crippen molar-refractivity contribution in [3.63, 3.8) is 0 Å². The molecule has 0 spiro atoms. The second-order valence-corrected chi connectivity index (χ2v) is 9.20. The molecule has 1 saturated heterocycles. The van der Waals surface area contributed by atoms with E-state index in [0.717, 1.165) is 18.4 Å². The lowest BCUT2D eigenvalue weighted by molar-refractivity contribution is -0.118. The molecule has 1 aliphatic heterocycles. The molecule has 0 atom stereocenters. The average molecular weight is 443 g/mol. The Morgan fingerprint density at radius 1 is 1.18 bits per heavy atom. The zero-order chi connectivity index (χ0) is 20.3. The molecule has 28 heavy (non-hydrogen) atoms. The molecule has 150 valence electrons. The molecule has 0 unspecified atom stereocenters. The second-order valence-electron chi connectivity index (χ2n) is 6.45. The summed E-state index contributed by atoms with van der Waals surface area (Å²) in [5.74, 6) is -0.334. The van der Waals surface area contributed by atoms with Gasteiger partial charge in [-0.25, -0.2) is 8.42 Å². The van der Waals surface area contributed by atoms with Gasteiger partial charge in [-0.3, -0.25) is 4.79 Å². The van der Waals surface area contributed by atoms with E-state index in [4.69, 9.17) is 27.9 Å². The van der Waals surface area contributed by atoms with E-state index in [1.54, 1.807) is 25.1 Å². The van der Waals surface area contributed by atoms with Crippen LogP contribution in [-0.2, 0) is 14.8 Å². The minimum absolute atomic E-state index is 0.0337. The SMILES string of the molecule is Cc1c(Cl)cccc1NC(=O)COc1ccc(Cl)cc1S(=O)(=O)N1CCCC1. The molecule has 0 aliphatic carbocycles. The first-order valence-corrected chi connectivity index (χ1v) is 11.0. The van der Waals surface area contributed by atoms with Crippen LogP contribution >= 0.6 is 23.2 Å². The largest absolute Gasteiger partial charge is 0.482 e. The van der Waals surface area contributed by atoms with Crippen molar-refractivity contribution in [3.05, 3.63) is 52.0 Å². The molecule has 6 nitrogen and oxygen atoms in total. The summed E-state index contributed by atoms with van der Waals surface area (Å²) in [5.41, 5.74) is 1.31. The normalized spacial score (nSPS) is 14.8. The molecule has 1 fully saturated rings. The maximum Gasteiger partial charge on any atom is 0.262 e. The van der Waals surface area contributed by atoms with Crippen LogP contribution in [0.5, 0.6) is 5.75 Å². The van der Waals surface area contributed by atoms with Crippen LogP contribution < -0.4 is 10.1 Å². The number of benzene rings is 2. The molecule has 0 aromatic heterocycles. The number of amides is 1. The van der Waals surface area contributed by atoms with Gasteiger partial charge in [0, 0.05) is 28.8 Å². The molecule has 0 bridgehead atoms. The van der Waals surface area contributed by atoms with Crippen LogP contribution in [0.4, 0.5) is 5.69 Å². The first-order valence-electron chi connectivity index (χ1n) is 8.76. The number of anilines is 1. The molecule has 0 saturated carbocycles. The van der Waals surface area contributed by atoms with Crippen molar-refractivity contribution in [1.82, 2.24) is 4.31 Å². The van der Waals surface area contributed by atoms with E-state index in [0.29, 0.717) is 23.8 Å². The van der Waals surface area contributed by atoms with Crippen LogP contribution in [0.2, 0.25) is 10.0 Å². The van der Waals surface area contributed by atoms with E-state index in [-0.39, 0.29) is 22.3 Å². The number of nitrogens with zero attached hydrogens (tertiary/aromatic N) is 1. The summed E-state index contributed by atoms with van der Waals surface area (Å²) in [6, 6.07) is 9.52. The van der Waals surface area contributed by atoms with E-state index >= 15 is 0 Å². The Balaban J connectivity index is 1.76. The third-order valence-corrected chi connectivity index (χ3v) is 7.05. The fourth-order valence-corrected chi connectivity index (χ4v) is 5.03. The number of rotatable bonds is 6. The number of hydrogen-bond acceptors (Lipinski definition) is 4. The second kappa shape index (κ2) is 8.69. The van der Waals surface area contributed by atoms with Crippen molar-refractivity contribution in [2.24, 2.45) is 0 Å². The first-order chi connectivity index (χ1) is 13.3. The molecular weight excluding hydrogens is 423 g/mol. The Morgan fingerprint density at radius 2 is 1.89 bits per heavy atom. The van der Waals surface area contributed by atoms with Crippen molar-refractivity contribution in [1.29, 1.82) is 0 Å². The predicted octanol–water partition coefficient (Wildman–Crippen LogP) is 4.10. The lowest BCUT2D eigenvalue weighted by atomic mass is 10.2. The zero-order valence-corrected chi connectivity index (χ0v) is 17.6. The summed E-state index contributed by atoms with van der Waals surface area (Å²) >= 11 is 12.1. The van der Waals surface area contributed by atoms with Gasteiger partial charge in [0.2, 0.25) is 10.0 Å². The number of carbonyl (C=O) groups is 1. The molecular formula is C19H20Cl2N2O4S. The fraction of sp³-hybridized carbons (Fsp3) is 0.316. The average Bonchev–Trinajstić information content (AvgIpc) is 3.20.